The molecule has 2 saturated heterocycles. The van der Waals surface area contributed by atoms with Gasteiger partial charge in [-0.3, -0.25) is 9.59 Å². The molecule has 0 atom stereocenters. The highest BCUT2D eigenvalue weighted by atomic mass is 19.1. The van der Waals surface area contributed by atoms with E-state index in [-0.39, 0.29) is 29.5 Å². The largest absolute Gasteiger partial charge is 0.367 e. The minimum Gasteiger partial charge on any atom is -0.367 e. The molecule has 184 valence electrons. The van der Waals surface area contributed by atoms with E-state index in [2.05, 4.69) is 15.5 Å². The summed E-state index contributed by atoms with van der Waals surface area (Å²) in [6, 6.07) is 11.3. The average molecular weight is 480 g/mol. The monoisotopic (exact) mass is 479 g/mol. The van der Waals surface area contributed by atoms with Crippen molar-refractivity contribution in [2.45, 2.75) is 25.7 Å². The normalized spacial score (nSPS) is 17.9. The minimum atomic E-state index is -0.474. The number of benzene rings is 2. The summed E-state index contributed by atoms with van der Waals surface area (Å²) in [4.78, 5) is 43.9. The van der Waals surface area contributed by atoms with Crippen LogP contribution in [0.1, 0.15) is 36.0 Å². The molecule has 2 heterocycles. The van der Waals surface area contributed by atoms with Gasteiger partial charge < -0.3 is 25.3 Å². The molecule has 0 radical (unpaired) electrons. The van der Waals surface area contributed by atoms with Crippen molar-refractivity contribution in [2.24, 2.45) is 5.92 Å². The fourth-order valence-corrected chi connectivity index (χ4v) is 4.65. The maximum absolute atomic E-state index is 13.9. The van der Waals surface area contributed by atoms with Gasteiger partial charge in [-0.25, -0.2) is 9.18 Å². The number of amides is 4. The second-order valence-electron chi connectivity index (χ2n) is 9.38. The molecule has 8 nitrogen and oxygen atoms in total. The van der Waals surface area contributed by atoms with E-state index >= 15 is 0 Å². The Morgan fingerprint density at radius 1 is 0.829 bits per heavy atom. The van der Waals surface area contributed by atoms with Gasteiger partial charge in [0.25, 0.3) is 5.91 Å². The molecule has 2 aromatic rings. The highest BCUT2D eigenvalue weighted by Gasteiger charge is 2.31. The van der Waals surface area contributed by atoms with Crippen molar-refractivity contribution in [1.82, 2.24) is 9.80 Å². The molecule has 2 aromatic carbocycles. The van der Waals surface area contributed by atoms with Crippen LogP contribution in [0.3, 0.4) is 0 Å². The molecule has 3 aliphatic rings. The summed E-state index contributed by atoms with van der Waals surface area (Å²) in [6.07, 6.45) is 3.82. The Hall–Kier alpha value is -3.62. The maximum Gasteiger partial charge on any atom is 0.322 e. The number of nitrogens with one attached hydrogen (secondary N) is 2. The molecule has 1 saturated carbocycles. The zero-order valence-electron chi connectivity index (χ0n) is 19.6. The average Bonchev–Trinajstić information content (AvgIpc) is 3.59. The van der Waals surface area contributed by atoms with Gasteiger partial charge in [-0.1, -0.05) is 12.1 Å². The number of rotatable bonds is 5. The molecular weight excluding hydrogens is 449 g/mol. The van der Waals surface area contributed by atoms with Gasteiger partial charge in [-0.15, -0.1) is 0 Å². The number of halogens is 1. The second-order valence-corrected chi connectivity index (χ2v) is 9.38. The van der Waals surface area contributed by atoms with Crippen LogP contribution in [0.2, 0.25) is 0 Å². The van der Waals surface area contributed by atoms with E-state index in [1.165, 1.54) is 12.1 Å². The lowest BCUT2D eigenvalue weighted by Crippen LogP contribution is -2.50. The molecule has 4 amide bonds. The molecule has 5 rings (SSSR count). The fourth-order valence-electron chi connectivity index (χ4n) is 4.65. The van der Waals surface area contributed by atoms with Gasteiger partial charge in [0.05, 0.1) is 11.3 Å². The number of nitrogens with zero attached hydrogens (tertiary/aromatic N) is 3. The Bertz CT molecular complexity index is 1120. The van der Waals surface area contributed by atoms with Crippen molar-refractivity contribution in [3.8, 4) is 0 Å². The van der Waals surface area contributed by atoms with Gasteiger partial charge in [0.2, 0.25) is 5.91 Å². The van der Waals surface area contributed by atoms with E-state index in [1.54, 1.807) is 23.1 Å². The van der Waals surface area contributed by atoms with Gasteiger partial charge in [-0.05, 0) is 56.0 Å². The van der Waals surface area contributed by atoms with Crippen molar-refractivity contribution in [3.05, 3.63) is 53.8 Å². The highest BCUT2D eigenvalue weighted by molar-refractivity contribution is 6.02. The molecule has 0 spiro atoms. The summed E-state index contributed by atoms with van der Waals surface area (Å²) in [7, 11) is 0. The van der Waals surface area contributed by atoms with Crippen LogP contribution in [-0.2, 0) is 4.79 Å². The summed E-state index contributed by atoms with van der Waals surface area (Å²) in [5, 5.41) is 5.58. The number of anilines is 3. The lowest BCUT2D eigenvalue weighted by molar-refractivity contribution is -0.117. The van der Waals surface area contributed by atoms with Crippen LogP contribution in [0.4, 0.5) is 26.2 Å². The van der Waals surface area contributed by atoms with Gasteiger partial charge in [0, 0.05) is 56.6 Å². The molecule has 1 aliphatic carbocycles. The Morgan fingerprint density at radius 2 is 1.54 bits per heavy atom. The van der Waals surface area contributed by atoms with E-state index in [1.807, 2.05) is 17.0 Å². The Balaban J connectivity index is 1.29. The van der Waals surface area contributed by atoms with Crippen LogP contribution < -0.4 is 15.5 Å². The lowest BCUT2D eigenvalue weighted by atomic mass is 10.1. The van der Waals surface area contributed by atoms with Crippen LogP contribution in [0.15, 0.2) is 42.5 Å². The topological polar surface area (TPSA) is 85.0 Å². The number of hydrogen-bond acceptors (Lipinski definition) is 4. The third-order valence-corrected chi connectivity index (χ3v) is 6.86. The van der Waals surface area contributed by atoms with Crippen molar-refractivity contribution >= 4 is 34.9 Å². The van der Waals surface area contributed by atoms with Crippen molar-refractivity contribution in [2.75, 3.05) is 54.8 Å². The van der Waals surface area contributed by atoms with Crippen molar-refractivity contribution in [1.29, 1.82) is 0 Å². The molecular formula is C26H30FN5O3. The van der Waals surface area contributed by atoms with E-state index in [0.717, 1.165) is 44.5 Å². The first-order valence-electron chi connectivity index (χ1n) is 12.3. The van der Waals surface area contributed by atoms with E-state index in [4.69, 9.17) is 0 Å². The maximum atomic E-state index is 13.9. The van der Waals surface area contributed by atoms with Crippen LogP contribution in [0.25, 0.3) is 0 Å². The van der Waals surface area contributed by atoms with E-state index in [0.29, 0.717) is 37.4 Å². The predicted molar refractivity (Wildman–Crippen MR) is 132 cm³/mol. The fraction of sp³-hybridized carbons (Fsp3) is 0.423. The quantitative estimate of drug-likeness (QED) is 0.684. The summed E-state index contributed by atoms with van der Waals surface area (Å²) in [5.74, 6) is -0.416. The van der Waals surface area contributed by atoms with Crippen LogP contribution in [0.5, 0.6) is 0 Å². The Morgan fingerprint density at radius 3 is 2.23 bits per heavy atom. The van der Waals surface area contributed by atoms with Crippen LogP contribution >= 0.6 is 0 Å². The number of carbonyl (C=O) groups excluding carboxylic acids is 3. The first-order valence-corrected chi connectivity index (χ1v) is 12.3. The van der Waals surface area contributed by atoms with Crippen molar-refractivity contribution in [3.63, 3.8) is 0 Å². The first kappa shape index (κ1) is 23.1. The van der Waals surface area contributed by atoms with Gasteiger partial charge in [-0.2, -0.15) is 0 Å². The standard InChI is InChI=1S/C26H30FN5O3/c27-21-5-1-2-6-22(21)29-26(35)32-15-13-30(14-16-32)23-10-9-19(28-24(33)18-7-8-18)17-20(23)25(34)31-11-3-4-12-31/h1-2,5-6,9-10,17-18H,3-4,7-8,11-16H2,(H,28,33)(H,29,35). The lowest BCUT2D eigenvalue weighted by Gasteiger charge is -2.37. The molecule has 0 bridgehead atoms. The molecule has 0 unspecified atom stereocenters. The first-order chi connectivity index (χ1) is 17.0. The van der Waals surface area contributed by atoms with Crippen LogP contribution in [0, 0.1) is 11.7 Å². The Kier molecular flexibility index (Phi) is 6.57. The minimum absolute atomic E-state index is 0.00630. The Labute approximate surface area is 204 Å². The number of likely N-dealkylation sites (tertiary alicyclic amines) is 1. The van der Waals surface area contributed by atoms with Gasteiger partial charge in [0.1, 0.15) is 5.82 Å². The molecule has 9 heteroatoms. The van der Waals surface area contributed by atoms with E-state index < -0.39 is 5.82 Å². The number of carbonyl (C=O) groups is 3. The summed E-state index contributed by atoms with van der Waals surface area (Å²) >= 11 is 0. The second kappa shape index (κ2) is 9.93. The zero-order chi connectivity index (χ0) is 24.4. The zero-order valence-corrected chi connectivity index (χ0v) is 19.6. The SMILES string of the molecule is O=C(Nc1ccc(N2CCN(C(=O)Nc3ccccc3F)CC2)c(C(=O)N2CCCC2)c1)C1CC1. The van der Waals surface area contributed by atoms with Crippen LogP contribution in [-0.4, -0.2) is 66.9 Å². The molecule has 3 fully saturated rings. The molecule has 2 N–H and O–H groups in total. The smallest absolute Gasteiger partial charge is 0.322 e. The predicted octanol–water partition coefficient (Wildman–Crippen LogP) is 3.76. The summed E-state index contributed by atoms with van der Waals surface area (Å²) in [5.41, 5.74) is 2.17. The van der Waals surface area contributed by atoms with Crippen molar-refractivity contribution < 1.29 is 18.8 Å². The highest BCUT2D eigenvalue weighted by Crippen LogP contribution is 2.32. The third-order valence-electron chi connectivity index (χ3n) is 6.86. The number of para-hydroxylation sites is 1. The third kappa shape index (κ3) is 5.23. The number of hydrogen-bond donors (Lipinski definition) is 2. The summed E-state index contributed by atoms with van der Waals surface area (Å²) in [6.45, 7) is 3.44. The molecule has 35 heavy (non-hydrogen) atoms. The molecule has 2 aliphatic heterocycles. The van der Waals surface area contributed by atoms with Gasteiger partial charge >= 0.3 is 6.03 Å². The number of piperazine rings is 1. The summed E-state index contributed by atoms with van der Waals surface area (Å²) < 4.78 is 13.9. The van der Waals surface area contributed by atoms with Gasteiger partial charge in [0.15, 0.2) is 0 Å². The van der Waals surface area contributed by atoms with E-state index in [9.17, 15) is 18.8 Å². The molecule has 0 aromatic heterocycles. The number of urea groups is 1.